The largest absolute Gasteiger partial charge is 0.495 e. The van der Waals surface area contributed by atoms with Gasteiger partial charge in [0.2, 0.25) is 0 Å². The van der Waals surface area contributed by atoms with Gasteiger partial charge in [-0.2, -0.15) is 5.84 Å². The van der Waals surface area contributed by atoms with Crippen molar-refractivity contribution >= 4 is 5.69 Å². The summed E-state index contributed by atoms with van der Waals surface area (Å²) in [4.78, 5) is 4.19. The topological polar surface area (TPSA) is 48.1 Å². The highest BCUT2D eigenvalue weighted by Crippen LogP contribution is 2.26. The average molecular weight is 222 g/mol. The fourth-order valence-electron chi connectivity index (χ4n) is 2.27. The minimum Gasteiger partial charge on any atom is -0.495 e. The van der Waals surface area contributed by atoms with Gasteiger partial charge in [-0.1, -0.05) is 0 Å². The normalized spacial score (nSPS) is 20.1. The third kappa shape index (κ3) is 2.33. The lowest BCUT2D eigenvalue weighted by molar-refractivity contribution is 0.290. The minimum atomic E-state index is 0.504. The van der Waals surface area contributed by atoms with E-state index >= 15 is 0 Å². The number of aromatic nitrogens is 1. The summed E-state index contributed by atoms with van der Waals surface area (Å²) >= 11 is 0. The van der Waals surface area contributed by atoms with Gasteiger partial charge in [0.05, 0.1) is 19.5 Å². The molecule has 0 spiro atoms. The van der Waals surface area contributed by atoms with Gasteiger partial charge >= 0.3 is 0 Å². The maximum absolute atomic E-state index is 6.45. The molecule has 88 valence electrons. The van der Waals surface area contributed by atoms with Crippen LogP contribution in [-0.2, 0) is 0 Å². The Kier molecular flexibility index (Phi) is 3.41. The monoisotopic (exact) mass is 222 g/mol. The molecule has 1 aliphatic rings. The summed E-state index contributed by atoms with van der Waals surface area (Å²) in [6, 6.07) is 2.00. The molecule has 4 heteroatoms. The minimum absolute atomic E-state index is 0.504. The lowest BCUT2D eigenvalue weighted by atomic mass is 10.2. The van der Waals surface area contributed by atoms with Crippen molar-refractivity contribution in [2.45, 2.75) is 25.7 Å². The molecule has 2 rings (SSSR count). The van der Waals surface area contributed by atoms with E-state index in [1.165, 1.54) is 25.7 Å². The van der Waals surface area contributed by atoms with Gasteiger partial charge in [-0.05, 0) is 25.7 Å². The quantitative estimate of drug-likeness (QED) is 0.613. The van der Waals surface area contributed by atoms with Gasteiger partial charge in [0.1, 0.15) is 18.8 Å². The second-order valence-corrected chi connectivity index (χ2v) is 4.48. The number of hydrogen-bond acceptors (Lipinski definition) is 3. The van der Waals surface area contributed by atoms with Gasteiger partial charge < -0.3 is 4.74 Å². The molecule has 0 amide bonds. The molecule has 0 atom stereocenters. The number of methoxy groups -OCH3 is 1. The van der Waals surface area contributed by atoms with E-state index in [2.05, 4.69) is 4.98 Å². The molecule has 1 saturated heterocycles. The first-order valence-corrected chi connectivity index (χ1v) is 5.90. The van der Waals surface area contributed by atoms with E-state index in [4.69, 9.17) is 10.6 Å². The highest BCUT2D eigenvalue weighted by molar-refractivity contribution is 5.44. The zero-order valence-corrected chi connectivity index (χ0v) is 9.85. The Morgan fingerprint density at radius 1 is 1.19 bits per heavy atom. The maximum atomic E-state index is 6.45. The third-order valence-corrected chi connectivity index (χ3v) is 3.31. The number of ether oxygens (including phenoxy) is 1. The van der Waals surface area contributed by atoms with Crippen LogP contribution in [0.1, 0.15) is 25.7 Å². The van der Waals surface area contributed by atoms with Crippen molar-refractivity contribution in [3.63, 3.8) is 0 Å². The highest BCUT2D eigenvalue weighted by Gasteiger charge is 2.28. The molecule has 0 saturated carbocycles. The van der Waals surface area contributed by atoms with Crippen molar-refractivity contribution in [2.75, 3.05) is 20.2 Å². The fraction of sp³-hybridized carbons (Fsp3) is 0.583. The van der Waals surface area contributed by atoms with E-state index < -0.39 is 0 Å². The molecular formula is C12H20N3O+. The maximum Gasteiger partial charge on any atom is 0.174 e. The molecule has 1 aromatic rings. The smallest absolute Gasteiger partial charge is 0.174 e. The van der Waals surface area contributed by atoms with Crippen LogP contribution in [0.4, 0.5) is 5.69 Å². The molecule has 0 bridgehead atoms. The van der Waals surface area contributed by atoms with Crippen LogP contribution in [-0.4, -0.2) is 25.2 Å². The Morgan fingerprint density at radius 2 is 1.88 bits per heavy atom. The molecule has 1 fully saturated rings. The Bertz CT molecular complexity index is 346. The zero-order chi connectivity index (χ0) is 11.4. The summed E-state index contributed by atoms with van der Waals surface area (Å²) in [5.41, 5.74) is 1.06. The zero-order valence-electron chi connectivity index (χ0n) is 9.85. The SMILES string of the molecule is COc1cncc([N+]2(N)CCCCCC2)c1. The van der Waals surface area contributed by atoms with E-state index in [1.807, 2.05) is 12.3 Å². The molecule has 2 heterocycles. The van der Waals surface area contributed by atoms with Crippen LogP contribution in [0.2, 0.25) is 0 Å². The van der Waals surface area contributed by atoms with E-state index in [0.29, 0.717) is 4.59 Å². The van der Waals surface area contributed by atoms with Gasteiger partial charge in [0.15, 0.2) is 5.69 Å². The van der Waals surface area contributed by atoms with Crippen molar-refractivity contribution in [1.82, 2.24) is 9.58 Å². The molecular weight excluding hydrogens is 202 g/mol. The van der Waals surface area contributed by atoms with Crippen LogP contribution in [0.3, 0.4) is 0 Å². The van der Waals surface area contributed by atoms with Crippen molar-refractivity contribution in [2.24, 2.45) is 5.84 Å². The first kappa shape index (κ1) is 11.4. The summed E-state index contributed by atoms with van der Waals surface area (Å²) in [5, 5.41) is 0. The van der Waals surface area contributed by atoms with Crippen LogP contribution >= 0.6 is 0 Å². The Morgan fingerprint density at radius 3 is 2.50 bits per heavy atom. The molecule has 0 unspecified atom stereocenters. The molecule has 0 radical (unpaired) electrons. The second kappa shape index (κ2) is 4.80. The summed E-state index contributed by atoms with van der Waals surface area (Å²) in [6.07, 6.45) is 8.52. The third-order valence-electron chi connectivity index (χ3n) is 3.31. The van der Waals surface area contributed by atoms with E-state index in [-0.39, 0.29) is 0 Å². The first-order valence-electron chi connectivity index (χ1n) is 5.90. The van der Waals surface area contributed by atoms with Gasteiger partial charge in [-0.15, -0.1) is 0 Å². The molecule has 16 heavy (non-hydrogen) atoms. The average Bonchev–Trinajstić information content (AvgIpc) is 2.55. The number of nitrogens with two attached hydrogens (primary N) is 1. The van der Waals surface area contributed by atoms with Crippen LogP contribution in [0.5, 0.6) is 5.75 Å². The molecule has 0 aromatic carbocycles. The van der Waals surface area contributed by atoms with E-state index in [1.54, 1.807) is 13.3 Å². The molecule has 1 aliphatic heterocycles. The fourth-order valence-corrected chi connectivity index (χ4v) is 2.27. The first-order chi connectivity index (χ1) is 7.74. The van der Waals surface area contributed by atoms with Crippen molar-refractivity contribution in [1.29, 1.82) is 0 Å². The summed E-state index contributed by atoms with van der Waals surface area (Å²) in [7, 11) is 1.66. The lowest BCUT2D eigenvalue weighted by Gasteiger charge is -2.30. The number of rotatable bonds is 2. The van der Waals surface area contributed by atoms with Gasteiger partial charge in [-0.25, -0.2) is 4.59 Å². The summed E-state index contributed by atoms with van der Waals surface area (Å²) in [6.45, 7) is 1.99. The van der Waals surface area contributed by atoms with E-state index in [0.717, 1.165) is 24.5 Å². The molecule has 0 aliphatic carbocycles. The van der Waals surface area contributed by atoms with Crippen molar-refractivity contribution in [3.8, 4) is 5.75 Å². The van der Waals surface area contributed by atoms with Crippen LogP contribution in [0.15, 0.2) is 18.5 Å². The van der Waals surface area contributed by atoms with Crippen LogP contribution < -0.4 is 15.2 Å². The number of pyridine rings is 1. The lowest BCUT2D eigenvalue weighted by Crippen LogP contribution is -2.56. The van der Waals surface area contributed by atoms with Crippen LogP contribution in [0, 0.1) is 0 Å². The van der Waals surface area contributed by atoms with Gasteiger partial charge in [0, 0.05) is 6.07 Å². The summed E-state index contributed by atoms with van der Waals surface area (Å²) < 4.78 is 5.70. The van der Waals surface area contributed by atoms with E-state index in [9.17, 15) is 0 Å². The molecule has 2 N–H and O–H groups in total. The van der Waals surface area contributed by atoms with Crippen LogP contribution in [0.25, 0.3) is 0 Å². The number of quaternary nitrogens is 1. The number of nitrogens with zero attached hydrogens (tertiary/aromatic N) is 2. The predicted octanol–water partition coefficient (Wildman–Crippen LogP) is 1.85. The van der Waals surface area contributed by atoms with Gasteiger partial charge in [-0.3, -0.25) is 4.98 Å². The molecule has 1 aromatic heterocycles. The Balaban J connectivity index is 2.25. The predicted molar refractivity (Wildman–Crippen MR) is 65.0 cm³/mol. The second-order valence-electron chi connectivity index (χ2n) is 4.48. The number of hydrogen-bond donors (Lipinski definition) is 1. The van der Waals surface area contributed by atoms with Crippen molar-refractivity contribution in [3.05, 3.63) is 18.5 Å². The Labute approximate surface area is 96.6 Å². The highest BCUT2D eigenvalue weighted by atomic mass is 16.5. The molecule has 4 nitrogen and oxygen atoms in total. The standard InChI is InChI=1S/C12H20N3O/c1-16-12-8-11(9-14-10-12)15(13)6-4-2-3-5-7-15/h8-10H,2-7,13H2,1H3/q+1. The van der Waals surface area contributed by atoms with Crippen molar-refractivity contribution < 1.29 is 4.74 Å². The van der Waals surface area contributed by atoms with Gasteiger partial charge in [0.25, 0.3) is 0 Å². The Hall–Kier alpha value is -1.13. The summed E-state index contributed by atoms with van der Waals surface area (Å²) in [5.74, 6) is 7.23.